The Hall–Kier alpha value is -1.23. The molecule has 1 amide bonds. The second-order valence-corrected chi connectivity index (χ2v) is 7.24. The molecule has 0 spiro atoms. The molecular formula is C19H29Cl2N3O. The van der Waals surface area contributed by atoms with Crippen molar-refractivity contribution in [2.45, 2.75) is 52.1 Å². The molecule has 1 saturated carbocycles. The van der Waals surface area contributed by atoms with Crippen LogP contribution in [-0.4, -0.2) is 16.5 Å². The maximum absolute atomic E-state index is 12.2. The number of nitrogens with one attached hydrogen (secondary N) is 1. The summed E-state index contributed by atoms with van der Waals surface area (Å²) < 4.78 is 2.27. The predicted molar refractivity (Wildman–Crippen MR) is 110 cm³/mol. The molecule has 6 heteroatoms. The van der Waals surface area contributed by atoms with Gasteiger partial charge in [0.05, 0.1) is 0 Å². The van der Waals surface area contributed by atoms with Gasteiger partial charge in [-0.15, -0.1) is 24.8 Å². The predicted octanol–water partition coefficient (Wildman–Crippen LogP) is 4.60. The maximum atomic E-state index is 12.2. The molecule has 1 fully saturated rings. The van der Waals surface area contributed by atoms with Crippen molar-refractivity contribution in [3.05, 3.63) is 30.5 Å². The van der Waals surface area contributed by atoms with E-state index in [2.05, 4.69) is 48.1 Å². The molecule has 25 heavy (non-hydrogen) atoms. The Morgan fingerprint density at radius 1 is 1.28 bits per heavy atom. The lowest BCUT2D eigenvalue weighted by atomic mass is 10.00. The Bertz CT molecular complexity index is 699. The lowest BCUT2D eigenvalue weighted by Crippen LogP contribution is -2.28. The van der Waals surface area contributed by atoms with Gasteiger partial charge in [0, 0.05) is 41.8 Å². The molecule has 0 unspecified atom stereocenters. The average molecular weight is 386 g/mol. The molecule has 0 aliphatic heterocycles. The van der Waals surface area contributed by atoms with E-state index < -0.39 is 0 Å². The van der Waals surface area contributed by atoms with E-state index in [0.717, 1.165) is 31.5 Å². The fourth-order valence-electron chi connectivity index (χ4n) is 3.60. The van der Waals surface area contributed by atoms with Crippen LogP contribution in [0.25, 0.3) is 10.9 Å². The van der Waals surface area contributed by atoms with Crippen LogP contribution >= 0.6 is 24.8 Å². The molecule has 0 saturated heterocycles. The number of anilines is 1. The molecular weight excluding hydrogens is 357 g/mol. The van der Waals surface area contributed by atoms with E-state index in [0.29, 0.717) is 18.3 Å². The standard InChI is InChI=1S/C19H27N3O.2ClH/c1-13(2)12-22-9-8-15-10-16(6-7-18(15)22)21-19(23)11-14-4-3-5-17(14)20;;/h6-10,13-14,17H,3-5,11-12,20H2,1-2H3,(H,21,23);2*1H/t14-,17+;;/m0../s1. The average Bonchev–Trinajstić information content (AvgIpc) is 3.06. The van der Waals surface area contributed by atoms with E-state index in [-0.39, 0.29) is 36.8 Å². The lowest BCUT2D eigenvalue weighted by molar-refractivity contribution is -0.117. The van der Waals surface area contributed by atoms with Crippen LogP contribution in [0.2, 0.25) is 0 Å². The number of carbonyl (C=O) groups excluding carboxylic acids is 1. The minimum absolute atomic E-state index is 0. The molecule has 2 atom stereocenters. The first-order valence-electron chi connectivity index (χ1n) is 8.67. The number of hydrogen-bond acceptors (Lipinski definition) is 2. The lowest BCUT2D eigenvalue weighted by Gasteiger charge is -2.15. The van der Waals surface area contributed by atoms with Crippen molar-refractivity contribution < 1.29 is 4.79 Å². The van der Waals surface area contributed by atoms with Gasteiger partial charge in [0.1, 0.15) is 0 Å². The summed E-state index contributed by atoms with van der Waals surface area (Å²) in [7, 11) is 0. The molecule has 140 valence electrons. The summed E-state index contributed by atoms with van der Waals surface area (Å²) in [6, 6.07) is 8.44. The van der Waals surface area contributed by atoms with Gasteiger partial charge in [-0.25, -0.2) is 0 Å². The minimum atomic E-state index is 0. The van der Waals surface area contributed by atoms with E-state index in [1.54, 1.807) is 0 Å². The van der Waals surface area contributed by atoms with E-state index in [1.807, 2.05) is 6.07 Å². The molecule has 1 heterocycles. The second kappa shape index (κ2) is 9.46. The largest absolute Gasteiger partial charge is 0.347 e. The highest BCUT2D eigenvalue weighted by molar-refractivity contribution is 5.94. The van der Waals surface area contributed by atoms with Crippen LogP contribution in [0.3, 0.4) is 0 Å². The van der Waals surface area contributed by atoms with Gasteiger partial charge >= 0.3 is 0 Å². The fraction of sp³-hybridized carbons (Fsp3) is 0.526. The zero-order valence-corrected chi connectivity index (χ0v) is 16.5. The number of carbonyl (C=O) groups is 1. The third-order valence-electron chi connectivity index (χ3n) is 4.78. The monoisotopic (exact) mass is 385 g/mol. The third-order valence-corrected chi connectivity index (χ3v) is 4.78. The number of amides is 1. The van der Waals surface area contributed by atoms with Crippen LogP contribution in [-0.2, 0) is 11.3 Å². The van der Waals surface area contributed by atoms with E-state index in [1.165, 1.54) is 10.9 Å². The summed E-state index contributed by atoms with van der Waals surface area (Å²) in [4.78, 5) is 12.2. The molecule has 4 nitrogen and oxygen atoms in total. The van der Waals surface area contributed by atoms with Crippen molar-refractivity contribution in [2.24, 2.45) is 17.6 Å². The van der Waals surface area contributed by atoms with E-state index >= 15 is 0 Å². The Balaban J connectivity index is 0.00000156. The summed E-state index contributed by atoms with van der Waals surface area (Å²) in [5.41, 5.74) is 8.14. The SMILES string of the molecule is CC(C)Cn1ccc2cc(NC(=O)C[C@@H]3CCC[C@H]3N)ccc21.Cl.Cl. The highest BCUT2D eigenvalue weighted by Crippen LogP contribution is 2.27. The van der Waals surface area contributed by atoms with Crippen LogP contribution in [0, 0.1) is 11.8 Å². The Morgan fingerprint density at radius 2 is 2.04 bits per heavy atom. The van der Waals surface area contributed by atoms with Gasteiger partial charge in [-0.05, 0) is 48.9 Å². The van der Waals surface area contributed by atoms with E-state index in [4.69, 9.17) is 5.73 Å². The summed E-state index contributed by atoms with van der Waals surface area (Å²) in [6.45, 7) is 5.44. The quantitative estimate of drug-likeness (QED) is 0.789. The number of halogens is 2. The van der Waals surface area contributed by atoms with Gasteiger partial charge < -0.3 is 15.6 Å². The second-order valence-electron chi connectivity index (χ2n) is 7.24. The van der Waals surface area contributed by atoms with Gasteiger partial charge in [-0.3, -0.25) is 4.79 Å². The third kappa shape index (κ3) is 5.37. The molecule has 0 radical (unpaired) electrons. The fourth-order valence-corrected chi connectivity index (χ4v) is 3.60. The number of nitrogens with two attached hydrogens (primary N) is 1. The molecule has 3 rings (SSSR count). The summed E-state index contributed by atoms with van der Waals surface area (Å²) in [5, 5.41) is 4.20. The van der Waals surface area contributed by atoms with Crippen LogP contribution in [0.15, 0.2) is 30.5 Å². The van der Waals surface area contributed by atoms with Crippen molar-refractivity contribution in [3.8, 4) is 0 Å². The maximum Gasteiger partial charge on any atom is 0.224 e. The zero-order valence-electron chi connectivity index (χ0n) is 14.9. The van der Waals surface area contributed by atoms with Crippen molar-refractivity contribution >= 4 is 47.3 Å². The van der Waals surface area contributed by atoms with Crippen LogP contribution in [0.1, 0.15) is 39.5 Å². The summed E-state index contributed by atoms with van der Waals surface area (Å²) >= 11 is 0. The van der Waals surface area contributed by atoms with Gasteiger partial charge in [0.2, 0.25) is 5.91 Å². The summed E-state index contributed by atoms with van der Waals surface area (Å²) in [6.07, 6.45) is 5.93. The highest BCUT2D eigenvalue weighted by atomic mass is 35.5. The molecule has 1 aromatic carbocycles. The molecule has 1 aromatic heterocycles. The Labute approximate surface area is 162 Å². The minimum Gasteiger partial charge on any atom is -0.347 e. The van der Waals surface area contributed by atoms with Crippen molar-refractivity contribution in [2.75, 3.05) is 5.32 Å². The molecule has 3 N–H and O–H groups in total. The number of aromatic nitrogens is 1. The van der Waals surface area contributed by atoms with Gasteiger partial charge in [-0.1, -0.05) is 20.3 Å². The van der Waals surface area contributed by atoms with Gasteiger partial charge in [-0.2, -0.15) is 0 Å². The highest BCUT2D eigenvalue weighted by Gasteiger charge is 2.26. The molecule has 1 aliphatic rings. The number of nitrogens with zero attached hydrogens (tertiary/aromatic N) is 1. The first kappa shape index (κ1) is 21.8. The molecule has 0 bridgehead atoms. The first-order chi connectivity index (χ1) is 11.0. The topological polar surface area (TPSA) is 60.0 Å². The number of hydrogen-bond donors (Lipinski definition) is 2. The van der Waals surface area contributed by atoms with Crippen LogP contribution < -0.4 is 11.1 Å². The zero-order chi connectivity index (χ0) is 16.4. The van der Waals surface area contributed by atoms with Crippen molar-refractivity contribution in [3.63, 3.8) is 0 Å². The van der Waals surface area contributed by atoms with Crippen LogP contribution in [0.5, 0.6) is 0 Å². The Kier molecular flexibility index (Phi) is 8.26. The smallest absolute Gasteiger partial charge is 0.224 e. The summed E-state index contributed by atoms with van der Waals surface area (Å²) in [5.74, 6) is 1.03. The number of rotatable bonds is 5. The van der Waals surface area contributed by atoms with Crippen molar-refractivity contribution in [1.29, 1.82) is 0 Å². The Morgan fingerprint density at radius 3 is 2.68 bits per heavy atom. The number of fused-ring (bicyclic) bond motifs is 1. The van der Waals surface area contributed by atoms with E-state index in [9.17, 15) is 4.79 Å². The van der Waals surface area contributed by atoms with Crippen LogP contribution in [0.4, 0.5) is 5.69 Å². The normalized spacial score (nSPS) is 19.5. The number of benzene rings is 1. The van der Waals surface area contributed by atoms with Gasteiger partial charge in [0.25, 0.3) is 0 Å². The molecule has 1 aliphatic carbocycles. The molecule has 2 aromatic rings. The van der Waals surface area contributed by atoms with Gasteiger partial charge in [0.15, 0.2) is 0 Å². The first-order valence-corrected chi connectivity index (χ1v) is 8.67. The van der Waals surface area contributed by atoms with Crippen molar-refractivity contribution in [1.82, 2.24) is 4.57 Å².